The summed E-state index contributed by atoms with van der Waals surface area (Å²) in [5.41, 5.74) is 2.68. The summed E-state index contributed by atoms with van der Waals surface area (Å²) >= 11 is 0. The van der Waals surface area contributed by atoms with Gasteiger partial charge in [0.05, 0.1) is 6.61 Å². The summed E-state index contributed by atoms with van der Waals surface area (Å²) in [5.74, 6) is 1.32. The highest BCUT2D eigenvalue weighted by Gasteiger charge is 2.41. The number of aromatic nitrogens is 2. The Balaban J connectivity index is 2.32. The van der Waals surface area contributed by atoms with Crippen molar-refractivity contribution < 1.29 is 32.5 Å². The molecule has 1 aromatic heterocycles. The first-order valence-electron chi connectivity index (χ1n) is 8.23. The summed E-state index contributed by atoms with van der Waals surface area (Å²) in [6.45, 7) is 2.83. The Labute approximate surface area is 166 Å². The number of nitrogens with one attached hydrogen (secondary N) is 1. The summed E-state index contributed by atoms with van der Waals surface area (Å²) in [7, 11) is 0. The minimum atomic E-state index is -5.20. The van der Waals surface area contributed by atoms with E-state index in [4.69, 9.17) is 20.5 Å². The minimum Gasteiger partial charge on any atom is -0.478 e. The van der Waals surface area contributed by atoms with Gasteiger partial charge in [-0.15, -0.1) is 0 Å². The number of hydrogen-bond acceptors (Lipinski definition) is 8. The fourth-order valence-electron chi connectivity index (χ4n) is 2.55. The molecule has 0 saturated carbocycles. The molecular weight excluding hydrogens is 413 g/mol. The summed E-state index contributed by atoms with van der Waals surface area (Å²) < 4.78 is 48.7. The quantitative estimate of drug-likeness (QED) is 0.307. The smallest absolute Gasteiger partial charge is 0.452 e. The van der Waals surface area contributed by atoms with Gasteiger partial charge in [-0.25, -0.2) is 4.79 Å². The normalized spacial score (nSPS) is 21.8. The third-order valence-corrected chi connectivity index (χ3v) is 3.98. The molecule has 2 heterocycles. The predicted octanol–water partition coefficient (Wildman–Crippen LogP) is -0.951. The van der Waals surface area contributed by atoms with Crippen LogP contribution in [0.15, 0.2) is 28.1 Å². The van der Waals surface area contributed by atoms with E-state index in [0.717, 1.165) is 10.8 Å². The molecule has 30 heavy (non-hydrogen) atoms. The maximum Gasteiger partial charge on any atom is 0.452 e. The molecule has 1 aliphatic heterocycles. The van der Waals surface area contributed by atoms with Crippen LogP contribution in [0, 0.1) is 23.2 Å². The second kappa shape index (κ2) is 8.96. The van der Waals surface area contributed by atoms with Crippen LogP contribution in [-0.2, 0) is 14.3 Å². The van der Waals surface area contributed by atoms with Gasteiger partial charge in [0.2, 0.25) is 0 Å². The second-order valence-electron chi connectivity index (χ2n) is 6.06. The van der Waals surface area contributed by atoms with Crippen molar-refractivity contribution in [3.05, 3.63) is 44.9 Å². The lowest BCUT2D eigenvalue weighted by molar-refractivity contribution is -0.171. The number of H-pyrrole nitrogens is 1. The van der Waals surface area contributed by atoms with Gasteiger partial charge >= 0.3 is 11.9 Å². The number of Topliss-reactive ketones (excluding diaryl/α,β-unsaturated/α-hetero) is 1. The van der Waals surface area contributed by atoms with E-state index < -0.39 is 59.9 Å². The van der Waals surface area contributed by atoms with E-state index in [1.165, 1.54) is 0 Å². The van der Waals surface area contributed by atoms with Gasteiger partial charge in [-0.3, -0.25) is 19.1 Å². The Morgan fingerprint density at radius 1 is 1.53 bits per heavy atom. The second-order valence-corrected chi connectivity index (χ2v) is 6.06. The van der Waals surface area contributed by atoms with Gasteiger partial charge in [-0.1, -0.05) is 11.8 Å². The number of nitrogens with zero attached hydrogens (tertiary/aromatic N) is 2. The van der Waals surface area contributed by atoms with Gasteiger partial charge in [0.1, 0.15) is 36.1 Å². The number of carbonyl (C=O) groups is 1. The van der Waals surface area contributed by atoms with E-state index in [1.54, 1.807) is 6.07 Å². The van der Waals surface area contributed by atoms with Crippen LogP contribution in [0.2, 0.25) is 0 Å². The molecule has 4 atom stereocenters. The van der Waals surface area contributed by atoms with Crippen molar-refractivity contribution in [2.24, 2.45) is 5.73 Å². The lowest BCUT2D eigenvalue weighted by Crippen LogP contribution is -2.39. The summed E-state index contributed by atoms with van der Waals surface area (Å²) in [6.07, 6.45) is -7.13. The number of hydrogen-bond donors (Lipinski definition) is 3. The first-order valence-corrected chi connectivity index (χ1v) is 8.23. The molecule has 10 nitrogen and oxygen atoms in total. The number of carbonyl (C=O) groups excluding carboxylic acids is 1. The van der Waals surface area contributed by atoms with Gasteiger partial charge < -0.3 is 20.3 Å². The van der Waals surface area contributed by atoms with Crippen LogP contribution in [0.25, 0.3) is 0 Å². The number of nitriles is 1. The van der Waals surface area contributed by atoms with Crippen molar-refractivity contribution in [3.63, 3.8) is 0 Å². The fraction of sp³-hybridized carbons (Fsp3) is 0.412. The van der Waals surface area contributed by atoms with Crippen LogP contribution < -0.4 is 17.0 Å². The number of aromatic amines is 1. The van der Waals surface area contributed by atoms with Crippen molar-refractivity contribution in [2.45, 2.75) is 37.1 Å². The predicted molar refractivity (Wildman–Crippen MR) is 92.5 cm³/mol. The standard InChI is InChI=1S/C17H15F3N4O6/c1-8(5-21)29-11-4-13(30-12(11)7-25)24-6-9(15(27)23-16(24)28)2-3-10(22)14(26)17(18,19)20/h6,10-13,25H,1,4,7,22H2,(H,23,27,28)/t10?,11?,12-,13-/m1/s1. The molecule has 13 heteroatoms. The molecular formula is C17H15F3N4O6. The Morgan fingerprint density at radius 2 is 2.20 bits per heavy atom. The van der Waals surface area contributed by atoms with Gasteiger partial charge in [-0.2, -0.15) is 18.4 Å². The summed E-state index contributed by atoms with van der Waals surface area (Å²) in [5, 5.41) is 18.1. The molecule has 0 amide bonds. The number of ether oxygens (including phenoxy) is 2. The van der Waals surface area contributed by atoms with E-state index in [0.29, 0.717) is 0 Å². The zero-order valence-corrected chi connectivity index (χ0v) is 15.1. The van der Waals surface area contributed by atoms with Crippen molar-refractivity contribution in [2.75, 3.05) is 6.61 Å². The Hall–Kier alpha value is -3.39. The van der Waals surface area contributed by atoms with Gasteiger partial charge in [0, 0.05) is 12.6 Å². The van der Waals surface area contributed by atoms with E-state index in [2.05, 4.69) is 6.58 Å². The lowest BCUT2D eigenvalue weighted by Gasteiger charge is -2.16. The average molecular weight is 428 g/mol. The van der Waals surface area contributed by atoms with Crippen molar-refractivity contribution in [3.8, 4) is 17.9 Å². The maximum absolute atomic E-state index is 12.4. The van der Waals surface area contributed by atoms with Crippen LogP contribution >= 0.6 is 0 Å². The number of alkyl halides is 3. The Bertz CT molecular complexity index is 1060. The number of halogens is 3. The number of ketones is 1. The molecule has 1 aromatic rings. The molecule has 0 spiro atoms. The molecule has 1 aliphatic rings. The molecule has 4 N–H and O–H groups in total. The van der Waals surface area contributed by atoms with E-state index in [-0.39, 0.29) is 12.2 Å². The summed E-state index contributed by atoms with van der Waals surface area (Å²) in [6, 6.07) is -0.563. The zero-order valence-electron chi connectivity index (χ0n) is 15.1. The number of rotatable bonds is 5. The molecule has 0 aliphatic carbocycles. The van der Waals surface area contributed by atoms with Gasteiger partial charge in [-0.05, 0) is 6.58 Å². The largest absolute Gasteiger partial charge is 0.478 e. The van der Waals surface area contributed by atoms with E-state index in [9.17, 15) is 32.7 Å². The molecule has 1 saturated heterocycles. The molecule has 160 valence electrons. The van der Waals surface area contributed by atoms with Gasteiger partial charge in [0.15, 0.2) is 5.76 Å². The highest BCUT2D eigenvalue weighted by molar-refractivity contribution is 5.91. The van der Waals surface area contributed by atoms with Crippen LogP contribution in [0.3, 0.4) is 0 Å². The zero-order chi connectivity index (χ0) is 22.6. The van der Waals surface area contributed by atoms with Crippen LogP contribution in [0.4, 0.5) is 13.2 Å². The molecule has 1 fully saturated rings. The highest BCUT2D eigenvalue weighted by Crippen LogP contribution is 2.30. The van der Waals surface area contributed by atoms with Crippen LogP contribution in [-0.4, -0.2) is 51.5 Å². The first kappa shape index (κ1) is 22.9. The number of aliphatic hydroxyl groups excluding tert-OH is 1. The summed E-state index contributed by atoms with van der Waals surface area (Å²) in [4.78, 5) is 37.0. The SMILES string of the molecule is C=C(C#N)OC1C[C@H](n2cc(C#CC(N)C(=O)C(F)(F)F)c(=O)[nH]c2=O)O[C@@H]1CO. The Kier molecular flexibility index (Phi) is 6.84. The minimum absolute atomic E-state index is 0.0309. The molecule has 2 unspecified atom stereocenters. The average Bonchev–Trinajstić information content (AvgIpc) is 3.07. The number of allylic oxidation sites excluding steroid dienone is 1. The molecule has 0 bridgehead atoms. The van der Waals surface area contributed by atoms with Crippen molar-refractivity contribution in [1.29, 1.82) is 5.26 Å². The van der Waals surface area contributed by atoms with E-state index in [1.807, 2.05) is 16.8 Å². The topological polar surface area (TPSA) is 160 Å². The number of aliphatic hydroxyl groups is 1. The third kappa shape index (κ3) is 5.15. The first-order chi connectivity index (χ1) is 14.0. The van der Waals surface area contributed by atoms with Crippen molar-refractivity contribution >= 4 is 5.78 Å². The Morgan fingerprint density at radius 3 is 2.77 bits per heavy atom. The third-order valence-electron chi connectivity index (χ3n) is 3.98. The van der Waals surface area contributed by atoms with Crippen molar-refractivity contribution in [1.82, 2.24) is 9.55 Å². The molecule has 2 rings (SSSR count). The number of nitrogens with two attached hydrogens (primary N) is 1. The van der Waals surface area contributed by atoms with Crippen LogP contribution in [0.5, 0.6) is 0 Å². The molecule has 0 radical (unpaired) electrons. The maximum atomic E-state index is 12.4. The molecule has 0 aromatic carbocycles. The highest BCUT2D eigenvalue weighted by atomic mass is 19.4. The van der Waals surface area contributed by atoms with Crippen LogP contribution in [0.1, 0.15) is 18.2 Å². The monoisotopic (exact) mass is 428 g/mol. The fourth-order valence-corrected chi connectivity index (χ4v) is 2.55. The van der Waals surface area contributed by atoms with E-state index >= 15 is 0 Å². The lowest BCUT2D eigenvalue weighted by atomic mass is 10.1. The van der Waals surface area contributed by atoms with Gasteiger partial charge in [0.25, 0.3) is 11.3 Å².